The molecule has 0 unspecified atom stereocenters. The maximum Gasteiger partial charge on any atom is 0.180 e. The zero-order valence-corrected chi connectivity index (χ0v) is 12.7. The van der Waals surface area contributed by atoms with Crippen molar-refractivity contribution >= 4 is 28.2 Å². The van der Waals surface area contributed by atoms with Gasteiger partial charge in [-0.15, -0.1) is 11.3 Å². The molecule has 2 aromatic carbocycles. The number of aryl methyl sites for hydroxylation is 1. The van der Waals surface area contributed by atoms with Crippen molar-refractivity contribution in [3.05, 3.63) is 59.5 Å². The number of nitrogen functional groups attached to an aromatic ring is 1. The van der Waals surface area contributed by atoms with E-state index < -0.39 is 0 Å². The summed E-state index contributed by atoms with van der Waals surface area (Å²) in [5, 5.41) is 2.61. The van der Waals surface area contributed by atoms with Crippen LogP contribution < -0.4 is 5.73 Å². The van der Waals surface area contributed by atoms with Crippen LogP contribution in [0.25, 0.3) is 11.3 Å². The summed E-state index contributed by atoms with van der Waals surface area (Å²) >= 11 is 3.22. The van der Waals surface area contributed by atoms with Gasteiger partial charge in [0.05, 0.1) is 5.69 Å². The van der Waals surface area contributed by atoms with Crippen molar-refractivity contribution in [2.75, 3.05) is 5.73 Å². The second kappa shape index (κ2) is 5.69. The summed E-state index contributed by atoms with van der Waals surface area (Å²) in [6, 6.07) is 16.8. The van der Waals surface area contributed by atoms with Crippen molar-refractivity contribution in [2.24, 2.45) is 0 Å². The predicted molar refractivity (Wildman–Crippen MR) is 87.3 cm³/mol. The minimum Gasteiger partial charge on any atom is -0.375 e. The maximum atomic E-state index is 5.74. The molecule has 0 atom stereocenters. The van der Waals surface area contributed by atoms with Crippen LogP contribution in [0.3, 0.4) is 0 Å². The summed E-state index contributed by atoms with van der Waals surface area (Å²) < 4.78 is 0. The van der Waals surface area contributed by atoms with Crippen LogP contribution in [0.5, 0.6) is 0 Å². The van der Waals surface area contributed by atoms with E-state index in [1.54, 1.807) is 11.8 Å². The second-order valence-electron chi connectivity index (χ2n) is 4.48. The molecular weight excluding hydrogens is 284 g/mol. The second-order valence-corrected chi connectivity index (χ2v) is 6.49. The van der Waals surface area contributed by atoms with Gasteiger partial charge in [-0.25, -0.2) is 4.98 Å². The molecule has 0 aliphatic heterocycles. The molecule has 0 bridgehead atoms. The van der Waals surface area contributed by atoms with E-state index in [4.69, 9.17) is 5.73 Å². The Morgan fingerprint density at radius 3 is 2.50 bits per heavy atom. The van der Waals surface area contributed by atoms with Crippen molar-refractivity contribution in [3.63, 3.8) is 0 Å². The number of thiazole rings is 1. The fourth-order valence-corrected chi connectivity index (χ4v) is 3.43. The number of rotatable bonds is 3. The van der Waals surface area contributed by atoms with E-state index in [0.29, 0.717) is 5.13 Å². The van der Waals surface area contributed by atoms with Crippen LogP contribution >= 0.6 is 23.1 Å². The number of nitrogens with two attached hydrogens (primary N) is 1. The van der Waals surface area contributed by atoms with E-state index in [0.717, 1.165) is 11.3 Å². The van der Waals surface area contributed by atoms with Crippen LogP contribution in [-0.4, -0.2) is 4.98 Å². The van der Waals surface area contributed by atoms with E-state index in [2.05, 4.69) is 54.4 Å². The summed E-state index contributed by atoms with van der Waals surface area (Å²) in [7, 11) is 0. The van der Waals surface area contributed by atoms with E-state index in [-0.39, 0.29) is 0 Å². The summed E-state index contributed by atoms with van der Waals surface area (Å²) in [5.41, 5.74) is 9.09. The van der Waals surface area contributed by atoms with Crippen LogP contribution in [0.15, 0.2) is 63.7 Å². The van der Waals surface area contributed by atoms with Crippen molar-refractivity contribution in [1.29, 1.82) is 0 Å². The number of anilines is 1. The van der Waals surface area contributed by atoms with Crippen LogP contribution in [0, 0.1) is 6.92 Å². The SMILES string of the molecule is Cc1ccc(Sc2ccccc2-c2csc(N)n2)cc1. The van der Waals surface area contributed by atoms with Gasteiger partial charge in [0.1, 0.15) is 0 Å². The first-order chi connectivity index (χ1) is 9.72. The maximum absolute atomic E-state index is 5.74. The molecule has 2 nitrogen and oxygen atoms in total. The van der Waals surface area contributed by atoms with E-state index in [1.807, 2.05) is 11.4 Å². The summed E-state index contributed by atoms with van der Waals surface area (Å²) in [6.45, 7) is 2.10. The third-order valence-electron chi connectivity index (χ3n) is 2.93. The molecule has 0 saturated carbocycles. The Kier molecular flexibility index (Phi) is 3.76. The van der Waals surface area contributed by atoms with E-state index >= 15 is 0 Å². The van der Waals surface area contributed by atoms with Gasteiger partial charge in [-0.1, -0.05) is 47.7 Å². The third kappa shape index (κ3) is 2.86. The Hall–Kier alpha value is -1.78. The van der Waals surface area contributed by atoms with Crippen molar-refractivity contribution in [3.8, 4) is 11.3 Å². The number of hydrogen-bond donors (Lipinski definition) is 1. The standard InChI is InChI=1S/C16H14N2S2/c1-11-6-8-12(9-7-11)20-15-5-3-2-4-13(15)14-10-19-16(17)18-14/h2-10H,1H3,(H2,17,18). The molecule has 3 rings (SSSR count). The van der Waals surface area contributed by atoms with Crippen molar-refractivity contribution < 1.29 is 0 Å². The Morgan fingerprint density at radius 2 is 1.80 bits per heavy atom. The summed E-state index contributed by atoms with van der Waals surface area (Å²) in [4.78, 5) is 6.80. The summed E-state index contributed by atoms with van der Waals surface area (Å²) in [5.74, 6) is 0. The third-order valence-corrected chi connectivity index (χ3v) is 4.69. The Bertz CT molecular complexity index is 717. The minimum atomic E-state index is 0.607. The van der Waals surface area contributed by atoms with E-state index in [9.17, 15) is 0 Å². The first kappa shape index (κ1) is 13.2. The van der Waals surface area contributed by atoms with E-state index in [1.165, 1.54) is 26.7 Å². The highest BCUT2D eigenvalue weighted by atomic mass is 32.2. The molecular formula is C16H14N2S2. The molecule has 0 radical (unpaired) electrons. The van der Waals surface area contributed by atoms with Crippen molar-refractivity contribution in [2.45, 2.75) is 16.7 Å². The quantitative estimate of drug-likeness (QED) is 0.751. The highest BCUT2D eigenvalue weighted by Crippen LogP contribution is 2.36. The molecule has 0 aliphatic rings. The molecule has 0 fully saturated rings. The zero-order valence-electron chi connectivity index (χ0n) is 11.0. The van der Waals surface area contributed by atoms with Gasteiger partial charge in [0.15, 0.2) is 5.13 Å². The molecule has 3 aromatic rings. The van der Waals surface area contributed by atoms with Crippen LogP contribution in [-0.2, 0) is 0 Å². The van der Waals surface area contributed by atoms with Gasteiger partial charge in [-0.2, -0.15) is 0 Å². The Balaban J connectivity index is 1.96. The minimum absolute atomic E-state index is 0.607. The largest absolute Gasteiger partial charge is 0.375 e. The van der Waals surface area contributed by atoms with Crippen LogP contribution in [0.1, 0.15) is 5.56 Å². The lowest BCUT2D eigenvalue weighted by Gasteiger charge is -2.07. The molecule has 1 aromatic heterocycles. The van der Waals surface area contributed by atoms with Gasteiger partial charge in [0, 0.05) is 20.7 Å². The number of nitrogens with zero attached hydrogens (tertiary/aromatic N) is 1. The molecule has 2 N–H and O–H groups in total. The predicted octanol–water partition coefficient (Wildman–Crippen LogP) is 4.85. The first-order valence-electron chi connectivity index (χ1n) is 6.27. The molecule has 100 valence electrons. The molecule has 4 heteroatoms. The average Bonchev–Trinajstić information content (AvgIpc) is 2.88. The van der Waals surface area contributed by atoms with Gasteiger partial charge >= 0.3 is 0 Å². The fraction of sp³-hybridized carbons (Fsp3) is 0.0625. The lowest BCUT2D eigenvalue weighted by Crippen LogP contribution is -1.85. The Morgan fingerprint density at radius 1 is 1.05 bits per heavy atom. The molecule has 20 heavy (non-hydrogen) atoms. The highest BCUT2D eigenvalue weighted by molar-refractivity contribution is 7.99. The molecule has 0 saturated heterocycles. The van der Waals surface area contributed by atoms with Crippen molar-refractivity contribution in [1.82, 2.24) is 4.98 Å². The van der Waals surface area contributed by atoms with Crippen LogP contribution in [0.2, 0.25) is 0 Å². The average molecular weight is 298 g/mol. The molecule has 0 spiro atoms. The topological polar surface area (TPSA) is 38.9 Å². The first-order valence-corrected chi connectivity index (χ1v) is 7.97. The number of aromatic nitrogens is 1. The summed E-state index contributed by atoms with van der Waals surface area (Å²) in [6.07, 6.45) is 0. The van der Waals surface area contributed by atoms with Gasteiger partial charge in [0.2, 0.25) is 0 Å². The molecule has 1 heterocycles. The van der Waals surface area contributed by atoms with Gasteiger partial charge < -0.3 is 5.73 Å². The zero-order chi connectivity index (χ0) is 13.9. The highest BCUT2D eigenvalue weighted by Gasteiger charge is 2.09. The monoisotopic (exact) mass is 298 g/mol. The van der Waals surface area contributed by atoms with Gasteiger partial charge in [0.25, 0.3) is 0 Å². The lowest BCUT2D eigenvalue weighted by molar-refractivity contribution is 1.33. The fourth-order valence-electron chi connectivity index (χ4n) is 1.91. The lowest BCUT2D eigenvalue weighted by atomic mass is 10.2. The van der Waals surface area contributed by atoms with Gasteiger partial charge in [-0.3, -0.25) is 0 Å². The van der Waals surface area contributed by atoms with Gasteiger partial charge in [-0.05, 0) is 25.1 Å². The number of hydrogen-bond acceptors (Lipinski definition) is 4. The molecule has 0 aliphatic carbocycles. The Labute approximate surface area is 126 Å². The number of benzene rings is 2. The molecule has 0 amide bonds. The normalized spacial score (nSPS) is 10.7. The smallest absolute Gasteiger partial charge is 0.180 e. The van der Waals surface area contributed by atoms with Crippen LogP contribution in [0.4, 0.5) is 5.13 Å².